The zero-order valence-electron chi connectivity index (χ0n) is 17.8. The third kappa shape index (κ3) is 5.06. The summed E-state index contributed by atoms with van der Waals surface area (Å²) in [5.74, 6) is 0.606. The SMILES string of the molecule is CN1CCN(c2ccc(NC(=O)c3ccc(S(=O)(=O)N4CCCCC4)cc3)cn2)CC1. The Morgan fingerprint density at radius 3 is 2.19 bits per heavy atom. The highest BCUT2D eigenvalue weighted by molar-refractivity contribution is 7.89. The van der Waals surface area contributed by atoms with E-state index in [1.54, 1.807) is 18.3 Å². The number of aromatic nitrogens is 1. The monoisotopic (exact) mass is 443 g/mol. The standard InChI is InChI=1S/C22H29N5O3S/c1-25-13-15-26(16-14-25)21-10-7-19(17-23-21)24-22(28)18-5-8-20(9-6-18)31(29,30)27-11-3-2-4-12-27/h5-10,17H,2-4,11-16H2,1H3,(H,24,28). The Kier molecular flexibility index (Phi) is 6.54. The van der Waals surface area contributed by atoms with E-state index < -0.39 is 10.0 Å². The van der Waals surface area contributed by atoms with Crippen molar-refractivity contribution in [1.29, 1.82) is 0 Å². The molecule has 9 heteroatoms. The summed E-state index contributed by atoms with van der Waals surface area (Å²) in [5, 5.41) is 2.83. The second-order valence-electron chi connectivity index (χ2n) is 8.14. The van der Waals surface area contributed by atoms with Crippen molar-refractivity contribution in [2.45, 2.75) is 24.2 Å². The maximum Gasteiger partial charge on any atom is 0.255 e. The number of rotatable bonds is 5. The fourth-order valence-corrected chi connectivity index (χ4v) is 5.44. The van der Waals surface area contributed by atoms with Crippen molar-refractivity contribution in [1.82, 2.24) is 14.2 Å². The number of anilines is 2. The van der Waals surface area contributed by atoms with Gasteiger partial charge in [0, 0.05) is 44.8 Å². The molecule has 0 unspecified atom stereocenters. The molecular weight excluding hydrogens is 414 g/mol. The van der Waals surface area contributed by atoms with Crippen LogP contribution in [0.2, 0.25) is 0 Å². The Balaban J connectivity index is 1.38. The lowest BCUT2D eigenvalue weighted by molar-refractivity contribution is 0.102. The van der Waals surface area contributed by atoms with E-state index in [2.05, 4.69) is 27.1 Å². The lowest BCUT2D eigenvalue weighted by Crippen LogP contribution is -2.44. The Morgan fingerprint density at radius 2 is 1.58 bits per heavy atom. The number of hydrogen-bond donors (Lipinski definition) is 1. The van der Waals surface area contributed by atoms with Gasteiger partial charge in [-0.05, 0) is 56.3 Å². The molecule has 2 saturated heterocycles. The number of amides is 1. The molecule has 1 amide bonds. The van der Waals surface area contributed by atoms with E-state index in [0.29, 0.717) is 24.3 Å². The quantitative estimate of drug-likeness (QED) is 0.763. The van der Waals surface area contributed by atoms with E-state index in [1.807, 2.05) is 12.1 Å². The van der Waals surface area contributed by atoms with E-state index >= 15 is 0 Å². The molecule has 31 heavy (non-hydrogen) atoms. The van der Waals surface area contributed by atoms with Gasteiger partial charge in [-0.2, -0.15) is 4.31 Å². The van der Waals surface area contributed by atoms with E-state index in [4.69, 9.17) is 0 Å². The van der Waals surface area contributed by atoms with Crippen molar-refractivity contribution in [3.63, 3.8) is 0 Å². The van der Waals surface area contributed by atoms with Crippen molar-refractivity contribution < 1.29 is 13.2 Å². The zero-order chi connectivity index (χ0) is 21.8. The largest absolute Gasteiger partial charge is 0.354 e. The van der Waals surface area contributed by atoms with Crippen LogP contribution in [0.1, 0.15) is 29.6 Å². The third-order valence-corrected chi connectivity index (χ3v) is 7.82. The second kappa shape index (κ2) is 9.33. The van der Waals surface area contributed by atoms with Crippen LogP contribution in [0.15, 0.2) is 47.5 Å². The minimum Gasteiger partial charge on any atom is -0.354 e. The van der Waals surface area contributed by atoms with Crippen LogP contribution in [0.25, 0.3) is 0 Å². The number of hydrogen-bond acceptors (Lipinski definition) is 6. The van der Waals surface area contributed by atoms with E-state index in [-0.39, 0.29) is 10.8 Å². The van der Waals surface area contributed by atoms with Crippen molar-refractivity contribution in [3.8, 4) is 0 Å². The average molecular weight is 444 g/mol. The Morgan fingerprint density at radius 1 is 0.903 bits per heavy atom. The van der Waals surface area contributed by atoms with Crippen LogP contribution in [0.4, 0.5) is 11.5 Å². The molecule has 4 rings (SSSR count). The Bertz CT molecular complexity index is 994. The molecule has 0 bridgehead atoms. The Hall–Kier alpha value is -2.49. The first-order valence-corrected chi connectivity index (χ1v) is 12.2. The molecule has 166 valence electrons. The molecule has 2 aromatic rings. The summed E-state index contributed by atoms with van der Waals surface area (Å²) >= 11 is 0. The molecular formula is C22H29N5O3S. The number of nitrogens with one attached hydrogen (secondary N) is 1. The summed E-state index contributed by atoms with van der Waals surface area (Å²) in [6.07, 6.45) is 4.50. The van der Waals surface area contributed by atoms with Gasteiger partial charge in [0.05, 0.1) is 16.8 Å². The van der Waals surface area contributed by atoms with Crippen LogP contribution >= 0.6 is 0 Å². The van der Waals surface area contributed by atoms with Crippen LogP contribution < -0.4 is 10.2 Å². The lowest BCUT2D eigenvalue weighted by Gasteiger charge is -2.33. The van der Waals surface area contributed by atoms with Crippen molar-refractivity contribution >= 4 is 27.4 Å². The van der Waals surface area contributed by atoms with Crippen LogP contribution in [-0.4, -0.2) is 74.8 Å². The van der Waals surface area contributed by atoms with Crippen LogP contribution in [0.5, 0.6) is 0 Å². The normalized spacial score (nSPS) is 18.7. The number of carbonyl (C=O) groups is 1. The highest BCUT2D eigenvalue weighted by atomic mass is 32.2. The first kappa shape index (κ1) is 21.7. The molecule has 2 aliphatic heterocycles. The molecule has 0 spiro atoms. The van der Waals surface area contributed by atoms with Gasteiger partial charge < -0.3 is 15.1 Å². The van der Waals surface area contributed by atoms with Gasteiger partial charge >= 0.3 is 0 Å². The summed E-state index contributed by atoms with van der Waals surface area (Å²) in [7, 11) is -1.39. The lowest BCUT2D eigenvalue weighted by atomic mass is 10.2. The van der Waals surface area contributed by atoms with E-state index in [9.17, 15) is 13.2 Å². The third-order valence-electron chi connectivity index (χ3n) is 5.90. The predicted molar refractivity (Wildman–Crippen MR) is 121 cm³/mol. The number of nitrogens with zero attached hydrogens (tertiary/aromatic N) is 4. The van der Waals surface area contributed by atoms with Gasteiger partial charge in [-0.1, -0.05) is 6.42 Å². The molecule has 3 heterocycles. The molecule has 8 nitrogen and oxygen atoms in total. The van der Waals surface area contributed by atoms with Gasteiger partial charge in [0.1, 0.15) is 5.82 Å². The molecule has 1 N–H and O–H groups in total. The van der Waals surface area contributed by atoms with Crippen LogP contribution in [0, 0.1) is 0 Å². The molecule has 2 aliphatic rings. The number of pyridine rings is 1. The highest BCUT2D eigenvalue weighted by Crippen LogP contribution is 2.21. The minimum atomic E-state index is -3.50. The van der Waals surface area contributed by atoms with Gasteiger partial charge in [0.15, 0.2) is 0 Å². The summed E-state index contributed by atoms with van der Waals surface area (Å²) in [6.45, 7) is 4.99. The maximum atomic E-state index is 12.8. The van der Waals surface area contributed by atoms with Gasteiger partial charge in [0.25, 0.3) is 5.91 Å². The first-order valence-electron chi connectivity index (χ1n) is 10.7. The number of piperidine rings is 1. The van der Waals surface area contributed by atoms with Crippen molar-refractivity contribution in [2.75, 3.05) is 56.5 Å². The molecule has 0 aliphatic carbocycles. The predicted octanol–water partition coefficient (Wildman–Crippen LogP) is 2.26. The number of sulfonamides is 1. The fraction of sp³-hybridized carbons (Fsp3) is 0.455. The van der Waals surface area contributed by atoms with E-state index in [1.165, 1.54) is 16.4 Å². The van der Waals surface area contributed by atoms with Crippen LogP contribution in [0.3, 0.4) is 0 Å². The number of likely N-dealkylation sites (N-methyl/N-ethyl adjacent to an activating group) is 1. The minimum absolute atomic E-state index is 0.226. The second-order valence-corrected chi connectivity index (χ2v) is 10.1. The number of benzene rings is 1. The van der Waals surface area contributed by atoms with Gasteiger partial charge in [-0.15, -0.1) is 0 Å². The molecule has 2 fully saturated rings. The van der Waals surface area contributed by atoms with Gasteiger partial charge in [-0.25, -0.2) is 13.4 Å². The zero-order valence-corrected chi connectivity index (χ0v) is 18.6. The van der Waals surface area contributed by atoms with Crippen molar-refractivity contribution in [2.24, 2.45) is 0 Å². The highest BCUT2D eigenvalue weighted by Gasteiger charge is 2.26. The maximum absolute atomic E-state index is 12.8. The smallest absolute Gasteiger partial charge is 0.255 e. The fourth-order valence-electron chi connectivity index (χ4n) is 3.92. The average Bonchev–Trinajstić information content (AvgIpc) is 2.81. The molecule has 0 atom stereocenters. The topological polar surface area (TPSA) is 85.8 Å². The first-order chi connectivity index (χ1) is 14.9. The van der Waals surface area contributed by atoms with Crippen molar-refractivity contribution in [3.05, 3.63) is 48.2 Å². The number of piperazine rings is 1. The summed E-state index contributed by atoms with van der Waals surface area (Å²) < 4.78 is 27.0. The van der Waals surface area contributed by atoms with E-state index in [0.717, 1.165) is 51.3 Å². The summed E-state index contributed by atoms with van der Waals surface area (Å²) in [6, 6.07) is 9.88. The van der Waals surface area contributed by atoms with Gasteiger partial charge in [0.2, 0.25) is 10.0 Å². The summed E-state index contributed by atoms with van der Waals surface area (Å²) in [5.41, 5.74) is 1.01. The molecule has 0 radical (unpaired) electrons. The molecule has 0 saturated carbocycles. The summed E-state index contributed by atoms with van der Waals surface area (Å²) in [4.78, 5) is 21.8. The Labute approximate surface area is 183 Å². The van der Waals surface area contributed by atoms with Crippen LogP contribution in [-0.2, 0) is 10.0 Å². The number of carbonyl (C=O) groups excluding carboxylic acids is 1. The molecule has 1 aromatic carbocycles. The molecule has 1 aromatic heterocycles. The van der Waals surface area contributed by atoms with Gasteiger partial charge in [-0.3, -0.25) is 4.79 Å².